The van der Waals surface area contributed by atoms with Crippen molar-refractivity contribution in [3.05, 3.63) is 106 Å². The highest BCUT2D eigenvalue weighted by atomic mass is 79.9. The molecule has 1 fully saturated rings. The van der Waals surface area contributed by atoms with E-state index in [-0.39, 0.29) is 31.8 Å². The van der Waals surface area contributed by atoms with Crippen LogP contribution in [0.25, 0.3) is 0 Å². The van der Waals surface area contributed by atoms with Gasteiger partial charge in [0.15, 0.2) is 6.10 Å². The Morgan fingerprint density at radius 3 is 1.93 bits per heavy atom. The number of Topliss-reactive ketones (excluding diaryl/α,β-unsaturated/α-hetero) is 1. The molecule has 0 spiro atoms. The lowest BCUT2D eigenvalue weighted by molar-refractivity contribution is -0.248. The Kier molecular flexibility index (Phi) is 12.4. The van der Waals surface area contributed by atoms with Gasteiger partial charge < -0.3 is 28.5 Å². The molecule has 1 unspecified atom stereocenters. The summed E-state index contributed by atoms with van der Waals surface area (Å²) in [5.74, 6) is -0.606. The maximum absolute atomic E-state index is 12.9. The average Bonchev–Trinajstić information content (AvgIpc) is 2.97. The quantitative estimate of drug-likeness (QED) is 0.169. The van der Waals surface area contributed by atoms with Gasteiger partial charge in [0, 0.05) is 10.9 Å². The molecule has 0 aromatic heterocycles. The van der Waals surface area contributed by atoms with Crippen LogP contribution in [0.2, 0.25) is 0 Å². The molecule has 1 aliphatic rings. The number of benzene rings is 3. The molecule has 0 radical (unpaired) electrons. The fourth-order valence-electron chi connectivity index (χ4n) is 4.43. The van der Waals surface area contributed by atoms with Gasteiger partial charge in [-0.3, -0.25) is 4.79 Å². The molecule has 7 nitrogen and oxygen atoms in total. The van der Waals surface area contributed by atoms with Crippen LogP contribution in [0.1, 0.15) is 36.5 Å². The molecule has 0 aliphatic carbocycles. The number of ether oxygens (including phenoxy) is 5. The molecule has 0 saturated carbocycles. The van der Waals surface area contributed by atoms with Crippen LogP contribution in [0.4, 0.5) is 0 Å². The molecule has 0 amide bonds. The van der Waals surface area contributed by atoms with Gasteiger partial charge in [-0.1, -0.05) is 88.7 Å². The Morgan fingerprint density at radius 1 is 0.756 bits per heavy atom. The summed E-state index contributed by atoms with van der Waals surface area (Å²) in [7, 11) is 0. The van der Waals surface area contributed by atoms with E-state index < -0.39 is 35.8 Å². The van der Waals surface area contributed by atoms with Gasteiger partial charge in [0.05, 0.1) is 32.8 Å². The highest BCUT2D eigenvalue weighted by Gasteiger charge is 2.48. The third-order valence-corrected chi connectivity index (χ3v) is 7.54. The van der Waals surface area contributed by atoms with E-state index in [2.05, 4.69) is 15.9 Å². The smallest absolute Gasteiger partial charge is 0.306 e. The number of carbonyl (C=O) groups is 2. The summed E-state index contributed by atoms with van der Waals surface area (Å²) in [6, 6.07) is 27.3. The highest BCUT2D eigenvalue weighted by molar-refractivity contribution is 9.10. The van der Waals surface area contributed by atoms with Gasteiger partial charge in [0.25, 0.3) is 0 Å². The van der Waals surface area contributed by atoms with Crippen molar-refractivity contribution in [3.8, 4) is 0 Å². The minimum absolute atomic E-state index is 0.0390. The summed E-state index contributed by atoms with van der Waals surface area (Å²) in [4.78, 5) is 24.4. The third kappa shape index (κ3) is 10.1. The Morgan fingerprint density at radius 2 is 1.32 bits per heavy atom. The van der Waals surface area contributed by atoms with Crippen molar-refractivity contribution in [2.24, 2.45) is 0 Å². The third-order valence-electron chi connectivity index (χ3n) is 6.59. The van der Waals surface area contributed by atoms with Crippen molar-refractivity contribution in [2.45, 2.75) is 69.4 Å². The maximum atomic E-state index is 12.9. The molecular formula is C32H35BrO7S. The number of ketones is 1. The number of rotatable bonds is 14. The van der Waals surface area contributed by atoms with Crippen molar-refractivity contribution in [1.82, 2.24) is 0 Å². The first-order valence-electron chi connectivity index (χ1n) is 13.5. The van der Waals surface area contributed by atoms with Gasteiger partial charge in [0.2, 0.25) is 0 Å². The Balaban J connectivity index is 1.55. The SMILES string of the molecule is CC(=O)CCC(=O)O[C@H]1[C@H](OCc2ccc(Br)cc2)[C@@H](OCc2ccccc2)C(S)O[C@@H]1COCc1ccccc1. The summed E-state index contributed by atoms with van der Waals surface area (Å²) in [6.07, 6.45) is -2.85. The minimum Gasteiger partial charge on any atom is -0.457 e. The summed E-state index contributed by atoms with van der Waals surface area (Å²) in [5, 5.41) is 0. The van der Waals surface area contributed by atoms with Gasteiger partial charge in [-0.15, -0.1) is 12.6 Å². The van der Waals surface area contributed by atoms with Crippen LogP contribution in [-0.2, 0) is 53.1 Å². The zero-order chi connectivity index (χ0) is 29.0. The normalized spacial score (nSPS) is 22.3. The summed E-state index contributed by atoms with van der Waals surface area (Å²) in [5.41, 5.74) is 2.25. The van der Waals surface area contributed by atoms with Crippen LogP contribution in [0.15, 0.2) is 89.4 Å². The topological polar surface area (TPSA) is 80.3 Å². The molecular weight excluding hydrogens is 608 g/mol. The van der Waals surface area contributed by atoms with Gasteiger partial charge in [0.1, 0.15) is 29.5 Å². The van der Waals surface area contributed by atoms with Gasteiger partial charge in [-0.25, -0.2) is 0 Å². The fraction of sp³-hybridized carbons (Fsp3) is 0.375. The van der Waals surface area contributed by atoms with Crippen molar-refractivity contribution in [1.29, 1.82) is 0 Å². The van der Waals surface area contributed by atoms with E-state index in [4.69, 9.17) is 36.3 Å². The molecule has 1 saturated heterocycles. The van der Waals surface area contributed by atoms with Gasteiger partial charge in [-0.05, 0) is 35.7 Å². The molecule has 3 aromatic carbocycles. The number of thiol groups is 1. The molecule has 5 atom stereocenters. The number of esters is 1. The largest absolute Gasteiger partial charge is 0.457 e. The first-order chi connectivity index (χ1) is 19.9. The standard InChI is InChI=1S/C32H35BrO7S/c1-22(34)12-17-28(35)40-29-27(21-36-18-23-8-4-2-5-9-23)39-32(41)31(38-19-24-10-6-3-7-11-24)30(29)37-20-25-13-15-26(33)16-14-25/h2-11,13-16,27,29-32,41H,12,17-21H2,1H3/t27-,29-,30+,31-,32?/m1/s1. The van der Waals surface area contributed by atoms with Crippen molar-refractivity contribution in [3.63, 3.8) is 0 Å². The van der Waals surface area contributed by atoms with Crippen LogP contribution in [0.3, 0.4) is 0 Å². The molecule has 4 rings (SSSR count). The summed E-state index contributed by atoms with van der Waals surface area (Å²) in [6.45, 7) is 2.49. The minimum atomic E-state index is -0.857. The lowest BCUT2D eigenvalue weighted by atomic mass is 9.98. The van der Waals surface area contributed by atoms with Crippen LogP contribution >= 0.6 is 28.6 Å². The molecule has 3 aromatic rings. The molecule has 41 heavy (non-hydrogen) atoms. The summed E-state index contributed by atoms with van der Waals surface area (Å²) >= 11 is 8.19. The maximum Gasteiger partial charge on any atom is 0.306 e. The average molecular weight is 644 g/mol. The van der Waals surface area contributed by atoms with E-state index in [0.717, 1.165) is 21.2 Å². The van der Waals surface area contributed by atoms with Gasteiger partial charge in [-0.2, -0.15) is 0 Å². The Bertz CT molecular complexity index is 1230. The molecule has 0 bridgehead atoms. The predicted octanol–water partition coefficient (Wildman–Crippen LogP) is 6.07. The van der Waals surface area contributed by atoms with E-state index >= 15 is 0 Å². The Hall–Kier alpha value is -2.53. The number of hydrogen-bond acceptors (Lipinski definition) is 8. The lowest BCUT2D eigenvalue weighted by Crippen LogP contribution is -2.60. The van der Waals surface area contributed by atoms with E-state index in [0.29, 0.717) is 13.2 Å². The molecule has 1 aliphatic heterocycles. The molecule has 218 valence electrons. The van der Waals surface area contributed by atoms with Crippen LogP contribution in [0, 0.1) is 0 Å². The predicted molar refractivity (Wildman–Crippen MR) is 161 cm³/mol. The fourth-order valence-corrected chi connectivity index (χ4v) is 5.11. The monoisotopic (exact) mass is 642 g/mol. The second kappa shape index (κ2) is 16.2. The van der Waals surface area contributed by atoms with Crippen LogP contribution in [0.5, 0.6) is 0 Å². The zero-order valence-electron chi connectivity index (χ0n) is 22.9. The van der Waals surface area contributed by atoms with Crippen LogP contribution in [-0.4, -0.2) is 48.2 Å². The van der Waals surface area contributed by atoms with Crippen LogP contribution < -0.4 is 0 Å². The molecule has 9 heteroatoms. The number of halogens is 1. The number of hydrogen-bond donors (Lipinski definition) is 1. The van der Waals surface area contributed by atoms with E-state index in [1.807, 2.05) is 84.9 Å². The van der Waals surface area contributed by atoms with E-state index in [1.54, 1.807) is 0 Å². The number of carbonyl (C=O) groups excluding carboxylic acids is 2. The Labute approximate surface area is 255 Å². The van der Waals surface area contributed by atoms with Crippen molar-refractivity contribution < 1.29 is 33.3 Å². The van der Waals surface area contributed by atoms with Gasteiger partial charge >= 0.3 is 5.97 Å². The lowest BCUT2D eigenvalue weighted by Gasteiger charge is -2.44. The van der Waals surface area contributed by atoms with Crippen molar-refractivity contribution >= 4 is 40.3 Å². The summed E-state index contributed by atoms with van der Waals surface area (Å²) < 4.78 is 31.9. The van der Waals surface area contributed by atoms with E-state index in [1.165, 1.54) is 6.92 Å². The highest BCUT2D eigenvalue weighted by Crippen LogP contribution is 2.32. The van der Waals surface area contributed by atoms with Crippen molar-refractivity contribution in [2.75, 3.05) is 6.61 Å². The molecule has 0 N–H and O–H groups in total. The first-order valence-corrected chi connectivity index (χ1v) is 14.9. The first kappa shape index (κ1) is 31.4. The van der Waals surface area contributed by atoms with E-state index in [9.17, 15) is 9.59 Å². The zero-order valence-corrected chi connectivity index (χ0v) is 25.4. The second-order valence-corrected chi connectivity index (χ2v) is 11.3. The molecule has 1 heterocycles. The second-order valence-electron chi connectivity index (χ2n) is 9.89.